The first kappa shape index (κ1) is 12.6. The van der Waals surface area contributed by atoms with E-state index in [1.54, 1.807) is 4.90 Å². The van der Waals surface area contributed by atoms with Crippen molar-refractivity contribution >= 4 is 49.4 Å². The highest BCUT2D eigenvalue weighted by Crippen LogP contribution is 2.33. The summed E-state index contributed by atoms with van der Waals surface area (Å²) in [6.07, 6.45) is 0.189. The van der Waals surface area contributed by atoms with E-state index in [1.165, 1.54) is 0 Å². The third-order valence-corrected chi connectivity index (χ3v) is 3.89. The van der Waals surface area contributed by atoms with E-state index in [1.807, 2.05) is 18.2 Å². The lowest BCUT2D eigenvalue weighted by molar-refractivity contribution is -0.123. The fourth-order valence-corrected chi connectivity index (χ4v) is 2.63. The summed E-state index contributed by atoms with van der Waals surface area (Å²) in [5.41, 5.74) is 5.99. The molecule has 1 aliphatic rings. The summed E-state index contributed by atoms with van der Waals surface area (Å²) in [5.74, 6) is -0.895. The normalized spacial score (nSPS) is 19.8. The quantitative estimate of drug-likeness (QED) is 0.876. The summed E-state index contributed by atoms with van der Waals surface area (Å²) < 4.78 is 1.70. The van der Waals surface area contributed by atoms with Crippen LogP contribution in [0.5, 0.6) is 0 Å². The van der Waals surface area contributed by atoms with Crippen molar-refractivity contribution in [2.24, 2.45) is 11.7 Å². The third kappa shape index (κ3) is 2.52. The number of carbonyl (C=O) groups is 2. The van der Waals surface area contributed by atoms with Gasteiger partial charge in [0.15, 0.2) is 0 Å². The Hall–Kier alpha value is -0.880. The highest BCUT2D eigenvalue weighted by molar-refractivity contribution is 9.11. The molecule has 1 aliphatic heterocycles. The molecule has 0 bridgehead atoms. The van der Waals surface area contributed by atoms with Gasteiger partial charge in [-0.3, -0.25) is 9.59 Å². The molecule has 4 nitrogen and oxygen atoms in total. The first-order valence-corrected chi connectivity index (χ1v) is 6.62. The van der Waals surface area contributed by atoms with E-state index in [4.69, 9.17) is 5.73 Å². The van der Waals surface area contributed by atoms with Crippen molar-refractivity contribution in [2.75, 3.05) is 11.4 Å². The van der Waals surface area contributed by atoms with Crippen LogP contribution in [0, 0.1) is 5.92 Å². The number of benzene rings is 1. The molecule has 0 aromatic heterocycles. The summed E-state index contributed by atoms with van der Waals surface area (Å²) in [4.78, 5) is 24.5. The zero-order chi connectivity index (χ0) is 12.6. The third-order valence-electron chi connectivity index (χ3n) is 2.73. The van der Waals surface area contributed by atoms with Gasteiger partial charge in [0.25, 0.3) is 0 Å². The Morgan fingerprint density at radius 3 is 2.71 bits per heavy atom. The summed E-state index contributed by atoms with van der Waals surface area (Å²) in [7, 11) is 0. The number of amides is 2. The van der Waals surface area contributed by atoms with Gasteiger partial charge in [-0.05, 0) is 34.1 Å². The zero-order valence-corrected chi connectivity index (χ0v) is 12.0. The van der Waals surface area contributed by atoms with Crippen LogP contribution < -0.4 is 10.6 Å². The molecule has 2 N–H and O–H groups in total. The molecule has 1 unspecified atom stereocenters. The van der Waals surface area contributed by atoms with Crippen LogP contribution in [0.3, 0.4) is 0 Å². The van der Waals surface area contributed by atoms with Crippen LogP contribution in [-0.2, 0) is 9.59 Å². The minimum absolute atomic E-state index is 0.0763. The standard InChI is InChI=1S/C11H10Br2N2O2/c12-7-1-2-8(13)9(4-7)15-5-6(11(14)17)3-10(15)16/h1-2,4,6H,3,5H2,(H2,14,17). The lowest BCUT2D eigenvalue weighted by atomic mass is 10.1. The smallest absolute Gasteiger partial charge is 0.227 e. The van der Waals surface area contributed by atoms with Gasteiger partial charge in [-0.1, -0.05) is 15.9 Å². The SMILES string of the molecule is NC(=O)C1CC(=O)N(c2cc(Br)ccc2Br)C1. The molecule has 0 radical (unpaired) electrons. The number of hydrogen-bond donors (Lipinski definition) is 1. The second-order valence-electron chi connectivity index (χ2n) is 3.90. The number of nitrogens with two attached hydrogens (primary N) is 1. The Morgan fingerprint density at radius 2 is 2.12 bits per heavy atom. The Kier molecular flexibility index (Phi) is 3.53. The molecule has 17 heavy (non-hydrogen) atoms. The van der Waals surface area contributed by atoms with Gasteiger partial charge in [0.05, 0.1) is 11.6 Å². The predicted molar refractivity (Wildman–Crippen MR) is 71.5 cm³/mol. The maximum Gasteiger partial charge on any atom is 0.227 e. The van der Waals surface area contributed by atoms with E-state index < -0.39 is 11.8 Å². The molecule has 0 aliphatic carbocycles. The molecule has 6 heteroatoms. The highest BCUT2D eigenvalue weighted by Gasteiger charge is 2.34. The first-order chi connectivity index (χ1) is 7.99. The average molecular weight is 362 g/mol. The fourth-order valence-electron chi connectivity index (χ4n) is 1.82. The van der Waals surface area contributed by atoms with Crippen LogP contribution in [0.4, 0.5) is 5.69 Å². The van der Waals surface area contributed by atoms with Gasteiger partial charge in [0.2, 0.25) is 11.8 Å². The Labute approximate surface area is 115 Å². The fraction of sp³-hybridized carbons (Fsp3) is 0.273. The Morgan fingerprint density at radius 1 is 1.41 bits per heavy atom. The number of nitrogens with zero attached hydrogens (tertiary/aromatic N) is 1. The molecular formula is C11H10Br2N2O2. The molecule has 1 heterocycles. The molecule has 1 saturated heterocycles. The van der Waals surface area contributed by atoms with Crippen LogP contribution >= 0.6 is 31.9 Å². The highest BCUT2D eigenvalue weighted by atomic mass is 79.9. The molecule has 90 valence electrons. The number of anilines is 1. The number of rotatable bonds is 2. The van der Waals surface area contributed by atoms with Crippen molar-refractivity contribution in [2.45, 2.75) is 6.42 Å². The number of primary amides is 1. The second kappa shape index (κ2) is 4.78. The molecule has 2 rings (SSSR count). The van der Waals surface area contributed by atoms with E-state index in [2.05, 4.69) is 31.9 Å². The molecular weight excluding hydrogens is 352 g/mol. The largest absolute Gasteiger partial charge is 0.369 e. The Balaban J connectivity index is 2.32. The minimum atomic E-state index is -0.424. The lowest BCUT2D eigenvalue weighted by Gasteiger charge is -2.18. The van der Waals surface area contributed by atoms with E-state index in [-0.39, 0.29) is 12.3 Å². The van der Waals surface area contributed by atoms with Gasteiger partial charge in [-0.25, -0.2) is 0 Å². The minimum Gasteiger partial charge on any atom is -0.369 e. The molecule has 1 fully saturated rings. The average Bonchev–Trinajstić information content (AvgIpc) is 2.64. The molecule has 2 amide bonds. The molecule has 1 atom stereocenters. The van der Waals surface area contributed by atoms with Gasteiger partial charge in [0, 0.05) is 21.9 Å². The number of halogens is 2. The molecule has 1 aromatic carbocycles. The number of hydrogen-bond acceptors (Lipinski definition) is 2. The van der Waals surface area contributed by atoms with Crippen molar-refractivity contribution < 1.29 is 9.59 Å². The van der Waals surface area contributed by atoms with E-state index in [9.17, 15) is 9.59 Å². The summed E-state index contributed by atoms with van der Waals surface area (Å²) >= 11 is 6.75. The van der Waals surface area contributed by atoms with Gasteiger partial charge in [-0.2, -0.15) is 0 Å². The zero-order valence-electron chi connectivity index (χ0n) is 8.82. The van der Waals surface area contributed by atoms with Crippen molar-refractivity contribution in [1.29, 1.82) is 0 Å². The van der Waals surface area contributed by atoms with Crippen molar-refractivity contribution in [3.05, 3.63) is 27.1 Å². The summed E-state index contributed by atoms with van der Waals surface area (Å²) in [5, 5.41) is 0. The second-order valence-corrected chi connectivity index (χ2v) is 5.67. The van der Waals surface area contributed by atoms with Gasteiger partial charge >= 0.3 is 0 Å². The van der Waals surface area contributed by atoms with E-state index >= 15 is 0 Å². The lowest BCUT2D eigenvalue weighted by Crippen LogP contribution is -2.28. The topological polar surface area (TPSA) is 63.4 Å². The maximum absolute atomic E-state index is 11.8. The molecule has 0 saturated carbocycles. The van der Waals surface area contributed by atoms with Crippen molar-refractivity contribution in [1.82, 2.24) is 0 Å². The molecule has 0 spiro atoms. The first-order valence-electron chi connectivity index (χ1n) is 5.04. The van der Waals surface area contributed by atoms with Gasteiger partial charge < -0.3 is 10.6 Å². The van der Waals surface area contributed by atoms with Crippen LogP contribution in [0.25, 0.3) is 0 Å². The van der Waals surface area contributed by atoms with Crippen LogP contribution in [0.1, 0.15) is 6.42 Å². The Bertz CT molecular complexity index is 490. The maximum atomic E-state index is 11.8. The summed E-state index contributed by atoms with van der Waals surface area (Å²) in [6.45, 7) is 0.350. The van der Waals surface area contributed by atoms with Crippen LogP contribution in [0.15, 0.2) is 27.1 Å². The van der Waals surface area contributed by atoms with E-state index in [0.29, 0.717) is 6.54 Å². The number of carbonyl (C=O) groups excluding carboxylic acids is 2. The monoisotopic (exact) mass is 360 g/mol. The van der Waals surface area contributed by atoms with Crippen LogP contribution in [-0.4, -0.2) is 18.4 Å². The van der Waals surface area contributed by atoms with Gasteiger partial charge in [-0.15, -0.1) is 0 Å². The van der Waals surface area contributed by atoms with Crippen LogP contribution in [0.2, 0.25) is 0 Å². The van der Waals surface area contributed by atoms with E-state index in [0.717, 1.165) is 14.6 Å². The van der Waals surface area contributed by atoms with Gasteiger partial charge in [0.1, 0.15) is 0 Å². The van der Waals surface area contributed by atoms with Crippen molar-refractivity contribution in [3.8, 4) is 0 Å². The molecule has 1 aromatic rings. The predicted octanol–water partition coefficient (Wildman–Crippen LogP) is 2.05. The summed E-state index contributed by atoms with van der Waals surface area (Å²) in [6, 6.07) is 5.56. The van der Waals surface area contributed by atoms with Crippen molar-refractivity contribution in [3.63, 3.8) is 0 Å².